The molecule has 4 nitrogen and oxygen atoms in total. The van der Waals surface area contributed by atoms with Crippen LogP contribution in [0.4, 0.5) is 0 Å². The number of nitrogens with zero attached hydrogens (tertiary/aromatic N) is 2. The maximum Gasteiger partial charge on any atom is 0.317 e. The molecule has 0 aliphatic rings. The van der Waals surface area contributed by atoms with Crippen molar-refractivity contribution in [3.8, 4) is 0 Å². The molecule has 1 aromatic carbocycles. The molecule has 0 spiro atoms. The van der Waals surface area contributed by atoms with Gasteiger partial charge in [-0.2, -0.15) is 0 Å². The number of aliphatic carboxylic acids is 1. The van der Waals surface area contributed by atoms with E-state index < -0.39 is 11.2 Å². The van der Waals surface area contributed by atoms with Gasteiger partial charge in [-0.1, -0.05) is 95.0 Å². The molecule has 2 heterocycles. The Morgan fingerprint density at radius 3 is 2.39 bits per heavy atom. The number of thioether (sulfide) groups is 1. The number of fused-ring (bicyclic) bond motifs is 1. The first kappa shape index (κ1) is 25.7. The minimum atomic E-state index is -0.729. The lowest BCUT2D eigenvalue weighted by molar-refractivity contribution is -0.136. The number of thiazole rings is 1. The first-order chi connectivity index (χ1) is 16.2. The van der Waals surface area contributed by atoms with Crippen molar-refractivity contribution < 1.29 is 9.90 Å². The molecular weight excluding hydrogens is 448 g/mol. The molecule has 1 atom stereocenters. The first-order valence-electron chi connectivity index (χ1n) is 12.3. The Labute approximate surface area is 206 Å². The van der Waals surface area contributed by atoms with Crippen molar-refractivity contribution >= 4 is 39.3 Å². The van der Waals surface area contributed by atoms with Gasteiger partial charge in [0.05, 0.1) is 10.2 Å². The quantitative estimate of drug-likeness (QED) is 0.164. The van der Waals surface area contributed by atoms with Crippen LogP contribution in [0.5, 0.6) is 0 Å². The van der Waals surface area contributed by atoms with E-state index in [1.54, 1.807) is 17.5 Å². The van der Waals surface area contributed by atoms with Gasteiger partial charge in [-0.25, -0.2) is 4.98 Å². The second-order valence-electron chi connectivity index (χ2n) is 8.74. The fourth-order valence-electron chi connectivity index (χ4n) is 4.02. The Kier molecular flexibility index (Phi) is 11.2. The number of carbonyl (C=O) groups is 1. The smallest absolute Gasteiger partial charge is 0.317 e. The van der Waals surface area contributed by atoms with Crippen molar-refractivity contribution in [1.82, 2.24) is 9.97 Å². The number of pyridine rings is 1. The highest BCUT2D eigenvalue weighted by Gasteiger charge is 2.20. The molecule has 33 heavy (non-hydrogen) atoms. The van der Waals surface area contributed by atoms with E-state index in [1.807, 2.05) is 18.3 Å². The van der Waals surface area contributed by atoms with E-state index in [2.05, 4.69) is 35.1 Å². The number of unbranched alkanes of at least 4 members (excludes halogenated alkanes) is 9. The molecule has 0 radical (unpaired) electrons. The first-order valence-corrected chi connectivity index (χ1v) is 14.0. The second kappa shape index (κ2) is 14.4. The number of carboxylic acid groups (broad SMARTS) is 1. The number of carboxylic acids is 1. The lowest BCUT2D eigenvalue weighted by atomic mass is 10.1. The fraction of sp³-hybridized carbons (Fsp3) is 0.519. The van der Waals surface area contributed by atoms with Gasteiger partial charge in [-0.05, 0) is 42.2 Å². The Bertz CT molecular complexity index is 975. The molecule has 3 rings (SSSR count). The van der Waals surface area contributed by atoms with Crippen LogP contribution in [0, 0.1) is 0 Å². The Morgan fingerprint density at radius 2 is 1.73 bits per heavy atom. The molecule has 0 aliphatic carbocycles. The van der Waals surface area contributed by atoms with Crippen LogP contribution in [0.25, 0.3) is 10.2 Å². The summed E-state index contributed by atoms with van der Waals surface area (Å²) in [5, 5.41) is 9.29. The molecule has 0 bridgehead atoms. The Balaban J connectivity index is 1.44. The minimum Gasteiger partial charge on any atom is -0.480 e. The summed E-state index contributed by atoms with van der Waals surface area (Å²) in [4.78, 5) is 20.7. The number of hydrogen-bond donors (Lipinski definition) is 1. The second-order valence-corrected chi connectivity index (χ2v) is 11.2. The molecule has 3 aromatic rings. The topological polar surface area (TPSA) is 63.1 Å². The minimum absolute atomic E-state index is 0.422. The van der Waals surface area contributed by atoms with Gasteiger partial charge in [0.25, 0.3) is 0 Å². The molecule has 1 N–H and O–H groups in total. The van der Waals surface area contributed by atoms with E-state index in [1.165, 1.54) is 74.3 Å². The highest BCUT2D eigenvalue weighted by atomic mass is 32.2. The Hall–Kier alpha value is -1.92. The van der Waals surface area contributed by atoms with Crippen LogP contribution < -0.4 is 0 Å². The van der Waals surface area contributed by atoms with Crippen LogP contribution in [0.1, 0.15) is 88.7 Å². The van der Waals surface area contributed by atoms with Crippen molar-refractivity contribution in [3.05, 3.63) is 53.9 Å². The molecule has 1 unspecified atom stereocenters. The van der Waals surface area contributed by atoms with Crippen LogP contribution in [0.2, 0.25) is 0 Å². The van der Waals surface area contributed by atoms with Gasteiger partial charge in [0.1, 0.15) is 5.25 Å². The van der Waals surface area contributed by atoms with Crippen molar-refractivity contribution in [2.45, 2.75) is 93.6 Å². The van der Waals surface area contributed by atoms with Gasteiger partial charge in [0.2, 0.25) is 0 Å². The zero-order chi connectivity index (χ0) is 23.3. The van der Waals surface area contributed by atoms with Gasteiger partial charge < -0.3 is 5.11 Å². The standard InChI is InChI=1S/C27H36N2O2S2/c1-2-3-4-5-6-7-8-9-10-11-14-24(26(30)31)32-27-29-23-16-15-21(19-25(23)33-27)18-22-13-12-17-28-20-22/h12-13,15-17,19-20,24H,2-11,14,18H2,1H3,(H,30,31). The third-order valence-electron chi connectivity index (χ3n) is 5.90. The summed E-state index contributed by atoms with van der Waals surface area (Å²) in [5.41, 5.74) is 3.34. The van der Waals surface area contributed by atoms with Gasteiger partial charge in [0.15, 0.2) is 4.34 Å². The van der Waals surface area contributed by atoms with Crippen LogP contribution in [0.15, 0.2) is 47.1 Å². The molecular formula is C27H36N2O2S2. The highest BCUT2D eigenvalue weighted by Crippen LogP contribution is 2.34. The van der Waals surface area contributed by atoms with Crippen LogP contribution in [0.3, 0.4) is 0 Å². The largest absolute Gasteiger partial charge is 0.480 e. The van der Waals surface area contributed by atoms with Gasteiger partial charge in [0, 0.05) is 12.4 Å². The number of rotatable bonds is 16. The third kappa shape index (κ3) is 9.09. The fourth-order valence-corrected chi connectivity index (χ4v) is 6.37. The van der Waals surface area contributed by atoms with E-state index in [-0.39, 0.29) is 0 Å². The van der Waals surface area contributed by atoms with Crippen LogP contribution in [-0.2, 0) is 11.2 Å². The third-order valence-corrected chi connectivity index (χ3v) is 8.27. The summed E-state index contributed by atoms with van der Waals surface area (Å²) < 4.78 is 1.96. The van der Waals surface area contributed by atoms with Crippen LogP contribution >= 0.6 is 23.1 Å². The van der Waals surface area contributed by atoms with E-state index in [4.69, 9.17) is 0 Å². The zero-order valence-corrected chi connectivity index (χ0v) is 21.3. The summed E-state index contributed by atoms with van der Waals surface area (Å²) in [5.74, 6) is -0.729. The normalized spacial score (nSPS) is 12.3. The average Bonchev–Trinajstić information content (AvgIpc) is 3.22. The van der Waals surface area contributed by atoms with E-state index in [0.717, 1.165) is 33.8 Å². The molecule has 2 aromatic heterocycles. The predicted octanol–water partition coefficient (Wildman–Crippen LogP) is 8.14. The molecule has 0 fully saturated rings. The lowest BCUT2D eigenvalue weighted by Gasteiger charge is -2.10. The molecule has 178 valence electrons. The van der Waals surface area contributed by atoms with Gasteiger partial charge in [-0.3, -0.25) is 9.78 Å². The molecule has 0 saturated carbocycles. The lowest BCUT2D eigenvalue weighted by Crippen LogP contribution is -2.16. The number of hydrogen-bond acceptors (Lipinski definition) is 5. The van der Waals surface area contributed by atoms with E-state index in [9.17, 15) is 9.90 Å². The van der Waals surface area contributed by atoms with Crippen molar-refractivity contribution in [1.29, 1.82) is 0 Å². The summed E-state index contributed by atoms with van der Waals surface area (Å²) in [6.45, 7) is 2.25. The number of aromatic nitrogens is 2. The summed E-state index contributed by atoms with van der Waals surface area (Å²) in [6.07, 6.45) is 17.8. The maximum atomic E-state index is 11.8. The summed E-state index contributed by atoms with van der Waals surface area (Å²) in [6, 6.07) is 10.3. The van der Waals surface area contributed by atoms with Crippen molar-refractivity contribution in [2.75, 3.05) is 0 Å². The van der Waals surface area contributed by atoms with Crippen molar-refractivity contribution in [3.63, 3.8) is 0 Å². The molecule has 0 saturated heterocycles. The monoisotopic (exact) mass is 484 g/mol. The average molecular weight is 485 g/mol. The zero-order valence-electron chi connectivity index (χ0n) is 19.7. The van der Waals surface area contributed by atoms with Gasteiger partial charge in [-0.15, -0.1) is 11.3 Å². The molecule has 0 aliphatic heterocycles. The highest BCUT2D eigenvalue weighted by molar-refractivity contribution is 8.02. The maximum absolute atomic E-state index is 11.8. The van der Waals surface area contributed by atoms with Gasteiger partial charge >= 0.3 is 5.97 Å². The molecule has 0 amide bonds. The van der Waals surface area contributed by atoms with Crippen molar-refractivity contribution in [2.24, 2.45) is 0 Å². The van der Waals surface area contributed by atoms with Crippen LogP contribution in [-0.4, -0.2) is 26.3 Å². The predicted molar refractivity (Wildman–Crippen MR) is 140 cm³/mol. The van der Waals surface area contributed by atoms with E-state index >= 15 is 0 Å². The SMILES string of the molecule is CCCCCCCCCCCCC(Sc1nc2ccc(Cc3cccnc3)cc2s1)C(=O)O. The van der Waals surface area contributed by atoms with E-state index in [0.29, 0.717) is 6.42 Å². The summed E-state index contributed by atoms with van der Waals surface area (Å²) in [7, 11) is 0. The Morgan fingerprint density at radius 1 is 1.00 bits per heavy atom. The summed E-state index contributed by atoms with van der Waals surface area (Å²) >= 11 is 3.01. The number of benzene rings is 1. The molecule has 6 heteroatoms.